The van der Waals surface area contributed by atoms with Crippen LogP contribution in [0.1, 0.15) is 35.2 Å². The van der Waals surface area contributed by atoms with Gasteiger partial charge in [-0.2, -0.15) is 5.10 Å². The maximum atomic E-state index is 12.6. The smallest absolute Gasteiger partial charge is 0.406 e. The molecule has 1 aromatic carbocycles. The van der Waals surface area contributed by atoms with Crippen molar-refractivity contribution in [3.8, 4) is 16.9 Å². The highest BCUT2D eigenvalue weighted by Gasteiger charge is 2.31. The first-order valence-electron chi connectivity index (χ1n) is 12.6. The van der Waals surface area contributed by atoms with E-state index in [0.717, 1.165) is 12.1 Å². The number of carbonyl (C=O) groups excluding carboxylic acids is 2. The van der Waals surface area contributed by atoms with E-state index in [1.807, 2.05) is 0 Å². The van der Waals surface area contributed by atoms with Crippen LogP contribution < -0.4 is 15.4 Å². The number of aromatic nitrogens is 6. The predicted molar refractivity (Wildman–Crippen MR) is 142 cm³/mol. The van der Waals surface area contributed by atoms with Crippen molar-refractivity contribution in [2.75, 3.05) is 12.4 Å². The lowest BCUT2D eigenvalue weighted by Gasteiger charge is -2.11. The fourth-order valence-corrected chi connectivity index (χ4v) is 3.96. The average molecular weight is 569 g/mol. The number of alkyl halides is 3. The van der Waals surface area contributed by atoms with Gasteiger partial charge in [-0.25, -0.2) is 0 Å². The average Bonchev–Trinajstić information content (AvgIpc) is 3.40. The van der Waals surface area contributed by atoms with E-state index in [2.05, 4.69) is 47.8 Å². The van der Waals surface area contributed by atoms with Crippen molar-refractivity contribution in [2.24, 2.45) is 5.92 Å². The summed E-state index contributed by atoms with van der Waals surface area (Å²) in [5.74, 6) is -0.486. The third-order valence-electron chi connectivity index (χ3n) is 5.94. The summed E-state index contributed by atoms with van der Waals surface area (Å²) in [5, 5.41) is 21.3. The number of anilines is 1. The summed E-state index contributed by atoms with van der Waals surface area (Å²) in [4.78, 5) is 28.4. The number of benzene rings is 1. The van der Waals surface area contributed by atoms with Gasteiger partial charge in [0.05, 0.1) is 24.0 Å². The van der Waals surface area contributed by atoms with Crippen LogP contribution in [0.25, 0.3) is 11.1 Å². The molecule has 14 heteroatoms. The molecule has 4 aromatic rings. The van der Waals surface area contributed by atoms with E-state index in [0.29, 0.717) is 29.8 Å². The third kappa shape index (κ3) is 8.81. The highest BCUT2D eigenvalue weighted by atomic mass is 19.4. The molecule has 2 N–H and O–H groups in total. The molecule has 4 rings (SSSR count). The van der Waals surface area contributed by atoms with Crippen molar-refractivity contribution < 1.29 is 27.5 Å². The van der Waals surface area contributed by atoms with Gasteiger partial charge in [0.2, 0.25) is 5.91 Å². The maximum Gasteiger partial charge on any atom is 0.573 e. The van der Waals surface area contributed by atoms with Gasteiger partial charge in [-0.3, -0.25) is 19.3 Å². The molecule has 0 saturated heterocycles. The Kier molecular flexibility index (Phi) is 9.22. The normalized spacial score (nSPS) is 12.0. The Labute approximate surface area is 233 Å². The number of nitrogens with zero attached hydrogens (tertiary/aromatic N) is 6. The number of aryl methyl sites for hydroxylation is 1. The van der Waals surface area contributed by atoms with Gasteiger partial charge in [-0.1, -0.05) is 24.3 Å². The molecule has 0 aliphatic heterocycles. The van der Waals surface area contributed by atoms with Crippen molar-refractivity contribution in [1.82, 2.24) is 35.5 Å². The predicted octanol–water partition coefficient (Wildman–Crippen LogP) is 3.84. The van der Waals surface area contributed by atoms with Crippen LogP contribution in [-0.2, 0) is 24.2 Å². The van der Waals surface area contributed by atoms with Crippen LogP contribution >= 0.6 is 0 Å². The largest absolute Gasteiger partial charge is 0.573 e. The molecule has 0 unspecified atom stereocenters. The summed E-state index contributed by atoms with van der Waals surface area (Å²) >= 11 is 0. The van der Waals surface area contributed by atoms with Gasteiger partial charge in [-0.05, 0) is 66.3 Å². The number of rotatable bonds is 11. The number of ether oxygens (including phenoxy) is 1. The summed E-state index contributed by atoms with van der Waals surface area (Å²) in [6.07, 6.45) is -0.331. The minimum atomic E-state index is -4.79. The first kappa shape index (κ1) is 29.1. The minimum absolute atomic E-state index is 0.0720. The standard InChI is InChI=1S/C27H27F3N8O3/c1-17(15-38-16-23(35-37-38)26(40)31-2)6-7-20-8-9-24(36-34-20)33-25(39)14-21-12-19(10-11-32-21)18-4-3-5-22(13-18)41-27(28,29)30/h3-5,8-13,16-17H,6-7,14-15H2,1-2H3,(H,31,40)(H,33,36,39)/t17-/m1/s1. The zero-order valence-corrected chi connectivity index (χ0v) is 22.2. The second-order valence-corrected chi connectivity index (χ2v) is 9.30. The van der Waals surface area contributed by atoms with Gasteiger partial charge in [0.15, 0.2) is 11.5 Å². The van der Waals surface area contributed by atoms with Crippen LogP contribution in [0.15, 0.2) is 60.9 Å². The van der Waals surface area contributed by atoms with E-state index in [1.165, 1.54) is 31.4 Å². The number of carbonyl (C=O) groups is 2. The molecule has 0 aliphatic carbocycles. The molecule has 0 fully saturated rings. The molecular weight excluding hydrogens is 541 g/mol. The van der Waals surface area contributed by atoms with Gasteiger partial charge < -0.3 is 15.4 Å². The summed E-state index contributed by atoms with van der Waals surface area (Å²) in [5.41, 5.74) is 2.52. The number of hydrogen-bond donors (Lipinski definition) is 2. The van der Waals surface area contributed by atoms with Crippen molar-refractivity contribution in [3.63, 3.8) is 0 Å². The van der Waals surface area contributed by atoms with Crippen molar-refractivity contribution in [2.45, 2.75) is 39.1 Å². The molecule has 0 radical (unpaired) electrons. The molecule has 0 aliphatic rings. The lowest BCUT2D eigenvalue weighted by Crippen LogP contribution is -2.18. The SMILES string of the molecule is CNC(=O)c1cn(C[C@H](C)CCc2ccc(NC(=O)Cc3cc(-c4cccc(OC(F)(F)F)c4)ccn3)nn2)nn1. The number of amides is 2. The van der Waals surface area contributed by atoms with E-state index in [1.54, 1.807) is 41.2 Å². The molecule has 214 valence electrons. The first-order valence-corrected chi connectivity index (χ1v) is 12.6. The molecule has 0 saturated carbocycles. The fraction of sp³-hybridized carbons (Fsp3) is 0.296. The second kappa shape index (κ2) is 13.0. The Balaban J connectivity index is 1.27. The van der Waals surface area contributed by atoms with E-state index < -0.39 is 6.36 Å². The molecule has 0 spiro atoms. The lowest BCUT2D eigenvalue weighted by atomic mass is 10.0. The topological polar surface area (TPSA) is 137 Å². The lowest BCUT2D eigenvalue weighted by molar-refractivity contribution is -0.274. The van der Waals surface area contributed by atoms with E-state index >= 15 is 0 Å². The number of nitrogens with one attached hydrogen (secondary N) is 2. The summed E-state index contributed by atoms with van der Waals surface area (Å²) in [7, 11) is 1.53. The van der Waals surface area contributed by atoms with E-state index in [4.69, 9.17) is 0 Å². The molecule has 3 aromatic heterocycles. The second-order valence-electron chi connectivity index (χ2n) is 9.30. The molecular formula is C27H27F3N8O3. The molecule has 1 atom stereocenters. The highest BCUT2D eigenvalue weighted by Crippen LogP contribution is 2.28. The Morgan fingerprint density at radius 2 is 1.83 bits per heavy atom. The number of halogens is 3. The van der Waals surface area contributed by atoms with Crippen LogP contribution in [0.3, 0.4) is 0 Å². The van der Waals surface area contributed by atoms with Crippen LogP contribution in [0.5, 0.6) is 5.75 Å². The van der Waals surface area contributed by atoms with Crippen LogP contribution in [0.2, 0.25) is 0 Å². The molecule has 2 amide bonds. The monoisotopic (exact) mass is 568 g/mol. The Bertz CT molecular complexity index is 1490. The van der Waals surface area contributed by atoms with Crippen LogP contribution in [0.4, 0.5) is 19.0 Å². The van der Waals surface area contributed by atoms with Gasteiger partial charge in [0.1, 0.15) is 5.75 Å². The first-order chi connectivity index (χ1) is 19.6. The Morgan fingerprint density at radius 3 is 2.56 bits per heavy atom. The van der Waals surface area contributed by atoms with E-state index in [-0.39, 0.29) is 41.4 Å². The third-order valence-corrected chi connectivity index (χ3v) is 5.94. The summed E-state index contributed by atoms with van der Waals surface area (Å²) in [6, 6.07) is 12.3. The number of hydrogen-bond acceptors (Lipinski definition) is 8. The van der Waals surface area contributed by atoms with Crippen molar-refractivity contribution in [3.05, 3.63) is 78.0 Å². The van der Waals surface area contributed by atoms with Gasteiger partial charge >= 0.3 is 6.36 Å². The van der Waals surface area contributed by atoms with Crippen LogP contribution in [0, 0.1) is 5.92 Å². The van der Waals surface area contributed by atoms with Gasteiger partial charge in [0.25, 0.3) is 5.91 Å². The van der Waals surface area contributed by atoms with E-state index in [9.17, 15) is 22.8 Å². The summed E-state index contributed by atoms with van der Waals surface area (Å²) < 4.78 is 43.3. The van der Waals surface area contributed by atoms with Crippen molar-refractivity contribution >= 4 is 17.6 Å². The zero-order chi connectivity index (χ0) is 29.4. The Morgan fingerprint density at radius 1 is 1.02 bits per heavy atom. The fourth-order valence-electron chi connectivity index (χ4n) is 3.96. The molecule has 41 heavy (non-hydrogen) atoms. The maximum absolute atomic E-state index is 12.6. The van der Waals surface area contributed by atoms with Crippen molar-refractivity contribution in [1.29, 1.82) is 0 Å². The highest BCUT2D eigenvalue weighted by molar-refractivity contribution is 5.91. The minimum Gasteiger partial charge on any atom is -0.406 e. The number of pyridine rings is 1. The van der Waals surface area contributed by atoms with Crippen LogP contribution in [-0.4, -0.2) is 55.4 Å². The Hall–Kier alpha value is -4.88. The molecule has 0 bridgehead atoms. The van der Waals surface area contributed by atoms with Gasteiger partial charge in [-0.15, -0.1) is 23.4 Å². The summed E-state index contributed by atoms with van der Waals surface area (Å²) in [6.45, 7) is 2.65. The zero-order valence-electron chi connectivity index (χ0n) is 22.2. The molecule has 3 heterocycles. The van der Waals surface area contributed by atoms with Gasteiger partial charge in [0, 0.05) is 19.8 Å². The molecule has 11 nitrogen and oxygen atoms in total. The quantitative estimate of drug-likeness (QED) is 0.279.